The summed E-state index contributed by atoms with van der Waals surface area (Å²) in [6.45, 7) is 1.93. The molecule has 0 saturated heterocycles. The first kappa shape index (κ1) is 26.2. The van der Waals surface area contributed by atoms with Gasteiger partial charge >= 0.3 is 5.97 Å². The minimum atomic E-state index is -0.866. The van der Waals surface area contributed by atoms with Gasteiger partial charge in [0, 0.05) is 29.0 Å². The molecular weight excluding hydrogens is 497 g/mol. The summed E-state index contributed by atoms with van der Waals surface area (Å²) >= 11 is 0. The van der Waals surface area contributed by atoms with Gasteiger partial charge in [0.2, 0.25) is 0 Å². The number of methoxy groups -OCH3 is 1. The first-order valence-corrected chi connectivity index (χ1v) is 12.9. The van der Waals surface area contributed by atoms with Gasteiger partial charge < -0.3 is 19.5 Å². The Balaban J connectivity index is 1.41. The van der Waals surface area contributed by atoms with Crippen LogP contribution in [0, 0.1) is 5.82 Å². The Morgan fingerprint density at radius 1 is 0.923 bits per heavy atom. The largest absolute Gasteiger partial charge is 0.497 e. The van der Waals surface area contributed by atoms with Gasteiger partial charge in [-0.2, -0.15) is 0 Å². The fourth-order valence-corrected chi connectivity index (χ4v) is 5.33. The lowest BCUT2D eigenvalue weighted by atomic mass is 9.71. The Kier molecular flexibility index (Phi) is 7.77. The van der Waals surface area contributed by atoms with Crippen molar-refractivity contribution in [3.8, 4) is 11.5 Å². The van der Waals surface area contributed by atoms with Crippen molar-refractivity contribution in [2.45, 2.75) is 31.6 Å². The molecule has 3 aromatic rings. The quantitative estimate of drug-likeness (QED) is 0.294. The molecule has 1 aliphatic carbocycles. The first-order chi connectivity index (χ1) is 19.0. The number of allylic oxidation sites excluding steroid dienone is 3. The zero-order valence-corrected chi connectivity index (χ0v) is 21.9. The summed E-state index contributed by atoms with van der Waals surface area (Å²) in [6.07, 6.45) is 0.813. The number of esters is 1. The highest BCUT2D eigenvalue weighted by Crippen LogP contribution is 2.46. The number of nitrogens with one attached hydrogen (secondary N) is 1. The second-order valence-corrected chi connectivity index (χ2v) is 9.61. The third-order valence-corrected chi connectivity index (χ3v) is 7.18. The maximum Gasteiger partial charge on any atom is 0.336 e. The van der Waals surface area contributed by atoms with Gasteiger partial charge in [-0.1, -0.05) is 48.5 Å². The molecule has 0 unspecified atom stereocenters. The Bertz CT molecular complexity index is 1430. The van der Waals surface area contributed by atoms with Crippen LogP contribution in [0.3, 0.4) is 0 Å². The van der Waals surface area contributed by atoms with Crippen LogP contribution in [0.5, 0.6) is 11.5 Å². The number of Topliss-reactive ketones (excluding diaryl/α,β-unsaturated/α-hetero) is 1. The fraction of sp³-hybridized carbons (Fsp3) is 0.250. The molecule has 7 heteroatoms. The summed E-state index contributed by atoms with van der Waals surface area (Å²) in [5, 5.41) is 3.30. The Hall–Kier alpha value is -4.39. The van der Waals surface area contributed by atoms with Gasteiger partial charge in [-0.15, -0.1) is 0 Å². The van der Waals surface area contributed by atoms with Crippen LogP contribution in [-0.2, 0) is 14.3 Å². The zero-order chi connectivity index (χ0) is 27.4. The maximum atomic E-state index is 15.2. The molecule has 1 N–H and O–H groups in total. The van der Waals surface area contributed by atoms with Crippen LogP contribution < -0.4 is 14.8 Å². The molecule has 0 radical (unpaired) electrons. The van der Waals surface area contributed by atoms with E-state index in [1.54, 1.807) is 32.2 Å². The third-order valence-electron chi connectivity index (χ3n) is 7.18. The average Bonchev–Trinajstić information content (AvgIpc) is 2.95. The van der Waals surface area contributed by atoms with E-state index >= 15 is 4.39 Å². The number of halogens is 1. The van der Waals surface area contributed by atoms with Crippen molar-refractivity contribution < 1.29 is 28.2 Å². The van der Waals surface area contributed by atoms with Gasteiger partial charge in [-0.05, 0) is 55.2 Å². The van der Waals surface area contributed by atoms with Crippen LogP contribution in [0.15, 0.2) is 101 Å². The van der Waals surface area contributed by atoms with Crippen LogP contribution >= 0.6 is 0 Å². The molecular formula is C32H30FNO5. The SMILES string of the molecule is COc1ccc([C@@H]2CC(=O)C3=C(C2)NC(C)=C(C(=O)OCCOc2ccccc2)[C@H]3c2ccccc2F)cc1. The monoisotopic (exact) mass is 527 g/mol. The topological polar surface area (TPSA) is 73.9 Å². The normalized spacial score (nSPS) is 18.8. The summed E-state index contributed by atoms with van der Waals surface area (Å²) in [7, 11) is 1.61. The molecule has 0 spiro atoms. The fourth-order valence-electron chi connectivity index (χ4n) is 5.33. The molecule has 0 aromatic heterocycles. The van der Waals surface area contributed by atoms with Crippen molar-refractivity contribution in [2.24, 2.45) is 0 Å². The minimum Gasteiger partial charge on any atom is -0.497 e. The highest BCUT2D eigenvalue weighted by atomic mass is 19.1. The number of ether oxygens (including phenoxy) is 3. The van der Waals surface area contributed by atoms with Crippen molar-refractivity contribution in [3.63, 3.8) is 0 Å². The van der Waals surface area contributed by atoms with Crippen molar-refractivity contribution in [3.05, 3.63) is 118 Å². The minimum absolute atomic E-state index is 0.00783. The van der Waals surface area contributed by atoms with E-state index in [2.05, 4.69) is 5.32 Å². The van der Waals surface area contributed by atoms with Crippen molar-refractivity contribution >= 4 is 11.8 Å². The van der Waals surface area contributed by atoms with E-state index in [-0.39, 0.29) is 42.5 Å². The number of rotatable bonds is 8. The summed E-state index contributed by atoms with van der Waals surface area (Å²) in [5.41, 5.74) is 3.19. The molecule has 200 valence electrons. The average molecular weight is 528 g/mol. The number of dihydropyridines is 1. The Morgan fingerprint density at radius 2 is 1.64 bits per heavy atom. The Labute approximate surface area is 227 Å². The second kappa shape index (κ2) is 11.6. The smallest absolute Gasteiger partial charge is 0.336 e. The lowest BCUT2D eigenvalue weighted by Gasteiger charge is -2.36. The predicted octanol–water partition coefficient (Wildman–Crippen LogP) is 5.82. The summed E-state index contributed by atoms with van der Waals surface area (Å²) < 4.78 is 31.6. The van der Waals surface area contributed by atoms with Gasteiger partial charge in [0.1, 0.15) is 30.5 Å². The van der Waals surface area contributed by atoms with Crippen molar-refractivity contribution in [1.82, 2.24) is 5.32 Å². The molecule has 0 saturated carbocycles. The van der Waals surface area contributed by atoms with Crippen LogP contribution in [0.4, 0.5) is 4.39 Å². The molecule has 39 heavy (non-hydrogen) atoms. The van der Waals surface area contributed by atoms with E-state index in [0.717, 1.165) is 11.3 Å². The molecule has 5 rings (SSSR count). The molecule has 6 nitrogen and oxygen atoms in total. The van der Waals surface area contributed by atoms with Gasteiger partial charge in [0.05, 0.1) is 18.6 Å². The van der Waals surface area contributed by atoms with E-state index in [1.165, 1.54) is 6.07 Å². The number of hydrogen-bond donors (Lipinski definition) is 1. The highest BCUT2D eigenvalue weighted by Gasteiger charge is 2.42. The molecule has 1 heterocycles. The molecule has 2 atom stereocenters. The lowest BCUT2D eigenvalue weighted by molar-refractivity contribution is -0.140. The highest BCUT2D eigenvalue weighted by molar-refractivity contribution is 6.04. The standard InChI is InChI=1S/C32H30FNO5/c1-20-29(32(36)39-17-16-38-24-8-4-3-5-9-24)30(25-10-6-7-11-26(25)33)31-27(34-20)18-22(19-28(31)35)21-12-14-23(37-2)15-13-21/h3-15,22,30,34H,16-19H2,1-2H3/t22-,30+/m0/s1. The van der Waals surface area contributed by atoms with Crippen LogP contribution in [0.1, 0.15) is 42.7 Å². The van der Waals surface area contributed by atoms with E-state index in [4.69, 9.17) is 14.2 Å². The van der Waals surface area contributed by atoms with Crippen LogP contribution in [-0.4, -0.2) is 32.1 Å². The van der Waals surface area contributed by atoms with E-state index in [9.17, 15) is 9.59 Å². The second-order valence-electron chi connectivity index (χ2n) is 9.61. The number of benzene rings is 3. The molecule has 3 aromatic carbocycles. The third kappa shape index (κ3) is 5.58. The van der Waals surface area contributed by atoms with E-state index in [1.807, 2.05) is 54.6 Å². The van der Waals surface area contributed by atoms with Gasteiger partial charge in [0.25, 0.3) is 0 Å². The van der Waals surface area contributed by atoms with Gasteiger partial charge in [-0.3, -0.25) is 4.79 Å². The number of carbonyl (C=O) groups excluding carboxylic acids is 2. The van der Waals surface area contributed by atoms with E-state index in [0.29, 0.717) is 29.1 Å². The number of para-hydroxylation sites is 1. The molecule has 1 aliphatic heterocycles. The van der Waals surface area contributed by atoms with Crippen molar-refractivity contribution in [1.29, 1.82) is 0 Å². The zero-order valence-electron chi connectivity index (χ0n) is 21.9. The van der Waals surface area contributed by atoms with Gasteiger partial charge in [0.15, 0.2) is 5.78 Å². The maximum absolute atomic E-state index is 15.2. The molecule has 2 aliphatic rings. The van der Waals surface area contributed by atoms with E-state index < -0.39 is 17.7 Å². The number of hydrogen-bond acceptors (Lipinski definition) is 6. The predicted molar refractivity (Wildman–Crippen MR) is 145 cm³/mol. The molecule has 0 bridgehead atoms. The van der Waals surface area contributed by atoms with Crippen LogP contribution in [0.2, 0.25) is 0 Å². The molecule has 0 fully saturated rings. The van der Waals surface area contributed by atoms with Gasteiger partial charge in [-0.25, -0.2) is 9.18 Å². The molecule has 0 amide bonds. The first-order valence-electron chi connectivity index (χ1n) is 12.9. The summed E-state index contributed by atoms with van der Waals surface area (Å²) in [6, 6.07) is 23.2. The number of ketones is 1. The Morgan fingerprint density at radius 3 is 2.36 bits per heavy atom. The number of carbonyl (C=O) groups is 2. The van der Waals surface area contributed by atoms with Crippen LogP contribution in [0.25, 0.3) is 0 Å². The summed E-state index contributed by atoms with van der Waals surface area (Å²) in [5.74, 6) is -0.716. The lowest BCUT2D eigenvalue weighted by Crippen LogP contribution is -2.36. The van der Waals surface area contributed by atoms with Crippen molar-refractivity contribution in [2.75, 3.05) is 20.3 Å². The summed E-state index contributed by atoms with van der Waals surface area (Å²) in [4.78, 5) is 27.1.